The molecule has 2 aromatic rings. The molecule has 1 amide bonds. The lowest BCUT2D eigenvalue weighted by Gasteiger charge is -2.12. The lowest BCUT2D eigenvalue weighted by Crippen LogP contribution is -2.25. The molecule has 1 fully saturated rings. The third kappa shape index (κ3) is 4.56. The zero-order valence-electron chi connectivity index (χ0n) is 14.3. The smallest absolute Gasteiger partial charge is 0.271 e. The van der Waals surface area contributed by atoms with Gasteiger partial charge < -0.3 is 10.4 Å². The Kier molecular flexibility index (Phi) is 5.83. The maximum Gasteiger partial charge on any atom is 0.271 e. The van der Waals surface area contributed by atoms with E-state index in [1.165, 1.54) is 49.9 Å². The minimum absolute atomic E-state index is 0.135. The summed E-state index contributed by atoms with van der Waals surface area (Å²) in [6.07, 6.45) is 5.93. The molecule has 3 rings (SSSR count). The van der Waals surface area contributed by atoms with Crippen LogP contribution in [-0.2, 0) is 10.0 Å². The third-order valence-electron chi connectivity index (χ3n) is 4.57. The summed E-state index contributed by atoms with van der Waals surface area (Å²) < 4.78 is 27.0. The molecule has 1 saturated carbocycles. The number of carbonyl (C=O) groups excluding carboxylic acids is 1. The summed E-state index contributed by atoms with van der Waals surface area (Å²) in [6.45, 7) is 0.579. The lowest BCUT2D eigenvalue weighted by molar-refractivity contribution is 0.0949. The summed E-state index contributed by atoms with van der Waals surface area (Å²) in [5, 5.41) is 14.6. The Hall–Kier alpha value is -2.06. The molecule has 1 aromatic carbocycles. The van der Waals surface area contributed by atoms with E-state index in [9.17, 15) is 18.3 Å². The van der Waals surface area contributed by atoms with Gasteiger partial charge in [-0.1, -0.05) is 31.7 Å². The molecule has 0 aliphatic heterocycles. The second-order valence-electron chi connectivity index (χ2n) is 6.46. The van der Waals surface area contributed by atoms with Gasteiger partial charge in [-0.15, -0.1) is 11.3 Å². The highest BCUT2D eigenvalue weighted by Crippen LogP contribution is 2.28. The van der Waals surface area contributed by atoms with Gasteiger partial charge in [0.05, 0.1) is 11.3 Å². The SMILES string of the molecule is O=C(NCCC1CCCC1)c1ccc(NS(=O)(=O)c2cccs2)cc1O. The lowest BCUT2D eigenvalue weighted by atomic mass is 10.0. The number of nitrogens with one attached hydrogen (secondary N) is 2. The predicted molar refractivity (Wildman–Crippen MR) is 102 cm³/mol. The van der Waals surface area contributed by atoms with Crippen LogP contribution < -0.4 is 10.0 Å². The number of amides is 1. The molecule has 8 heteroatoms. The van der Waals surface area contributed by atoms with Crippen molar-refractivity contribution < 1.29 is 18.3 Å². The first-order valence-electron chi connectivity index (χ1n) is 8.63. The Bertz CT molecular complexity index is 857. The molecule has 1 aliphatic rings. The molecule has 0 unspecified atom stereocenters. The van der Waals surface area contributed by atoms with Gasteiger partial charge in [0.2, 0.25) is 0 Å². The second kappa shape index (κ2) is 8.09. The maximum atomic E-state index is 12.2. The fourth-order valence-electron chi connectivity index (χ4n) is 3.19. The minimum atomic E-state index is -3.69. The highest BCUT2D eigenvalue weighted by atomic mass is 32.2. The van der Waals surface area contributed by atoms with Crippen LogP contribution in [0.15, 0.2) is 39.9 Å². The number of thiophene rings is 1. The van der Waals surface area contributed by atoms with E-state index >= 15 is 0 Å². The van der Waals surface area contributed by atoms with Crippen LogP contribution in [0, 0.1) is 5.92 Å². The maximum absolute atomic E-state index is 12.2. The van der Waals surface area contributed by atoms with Crippen molar-refractivity contribution in [2.24, 2.45) is 5.92 Å². The minimum Gasteiger partial charge on any atom is -0.507 e. The van der Waals surface area contributed by atoms with Crippen LogP contribution in [0.2, 0.25) is 0 Å². The number of hydrogen-bond acceptors (Lipinski definition) is 5. The van der Waals surface area contributed by atoms with Crippen molar-refractivity contribution in [1.82, 2.24) is 5.32 Å². The normalized spacial score (nSPS) is 15.1. The van der Waals surface area contributed by atoms with Crippen LogP contribution in [0.3, 0.4) is 0 Å². The molecule has 3 N–H and O–H groups in total. The van der Waals surface area contributed by atoms with E-state index in [1.54, 1.807) is 11.4 Å². The third-order valence-corrected chi connectivity index (χ3v) is 7.35. The van der Waals surface area contributed by atoms with Crippen LogP contribution in [0.4, 0.5) is 5.69 Å². The number of phenolic OH excluding ortho intramolecular Hbond substituents is 1. The summed E-state index contributed by atoms with van der Waals surface area (Å²) in [4.78, 5) is 12.2. The molecule has 1 aromatic heterocycles. The van der Waals surface area contributed by atoms with Gasteiger partial charge in [0.15, 0.2) is 0 Å². The molecule has 0 saturated heterocycles. The standard InChI is InChI=1S/C18H22N2O4S2/c21-16-12-14(20-26(23,24)17-6-3-11-25-17)7-8-15(16)18(22)19-10-9-13-4-1-2-5-13/h3,6-8,11-13,20-21H,1-2,4-5,9-10H2,(H,19,22). The van der Waals surface area contributed by atoms with Crippen molar-refractivity contribution in [3.63, 3.8) is 0 Å². The Morgan fingerprint density at radius 2 is 2.00 bits per heavy atom. The molecular formula is C18H22N2O4S2. The first-order valence-corrected chi connectivity index (χ1v) is 11.0. The van der Waals surface area contributed by atoms with Crippen molar-refractivity contribution in [2.45, 2.75) is 36.3 Å². The first kappa shape index (κ1) is 18.7. The van der Waals surface area contributed by atoms with Gasteiger partial charge in [0, 0.05) is 12.6 Å². The summed E-state index contributed by atoms with van der Waals surface area (Å²) in [5.74, 6) is 0.0702. The van der Waals surface area contributed by atoms with Crippen molar-refractivity contribution in [3.8, 4) is 5.75 Å². The van der Waals surface area contributed by atoms with Crippen LogP contribution in [0.25, 0.3) is 0 Å². The van der Waals surface area contributed by atoms with Crippen LogP contribution in [-0.4, -0.2) is 26.0 Å². The molecule has 26 heavy (non-hydrogen) atoms. The van der Waals surface area contributed by atoms with Crippen molar-refractivity contribution >= 4 is 33.0 Å². The number of benzene rings is 1. The van der Waals surface area contributed by atoms with Crippen molar-refractivity contribution in [2.75, 3.05) is 11.3 Å². The molecule has 140 valence electrons. The fourth-order valence-corrected chi connectivity index (χ4v) is 5.24. The summed E-state index contributed by atoms with van der Waals surface area (Å²) >= 11 is 1.10. The summed E-state index contributed by atoms with van der Waals surface area (Å²) in [7, 11) is -3.69. The van der Waals surface area contributed by atoms with Crippen LogP contribution >= 0.6 is 11.3 Å². The van der Waals surface area contributed by atoms with E-state index in [4.69, 9.17) is 0 Å². The quantitative estimate of drug-likeness (QED) is 0.669. The number of hydrogen-bond donors (Lipinski definition) is 3. The molecule has 0 spiro atoms. The predicted octanol–water partition coefficient (Wildman–Crippen LogP) is 3.56. The highest BCUT2D eigenvalue weighted by molar-refractivity contribution is 7.94. The van der Waals surface area contributed by atoms with E-state index < -0.39 is 10.0 Å². The molecule has 1 heterocycles. The Labute approximate surface area is 157 Å². The van der Waals surface area contributed by atoms with Gasteiger partial charge in [-0.3, -0.25) is 9.52 Å². The van der Waals surface area contributed by atoms with Gasteiger partial charge in [-0.25, -0.2) is 8.42 Å². The molecule has 0 atom stereocenters. The number of rotatable bonds is 7. The van der Waals surface area contributed by atoms with Crippen molar-refractivity contribution in [3.05, 3.63) is 41.3 Å². The summed E-state index contributed by atoms with van der Waals surface area (Å²) in [5.41, 5.74) is 0.342. The van der Waals surface area contributed by atoms with E-state index in [0.29, 0.717) is 12.5 Å². The summed E-state index contributed by atoms with van der Waals surface area (Å²) in [6, 6.07) is 7.29. The Morgan fingerprint density at radius 3 is 2.65 bits per heavy atom. The highest BCUT2D eigenvalue weighted by Gasteiger charge is 2.18. The fraction of sp³-hybridized carbons (Fsp3) is 0.389. The zero-order valence-corrected chi connectivity index (χ0v) is 15.9. The van der Waals surface area contributed by atoms with E-state index in [0.717, 1.165) is 17.8 Å². The van der Waals surface area contributed by atoms with Gasteiger partial charge in [0.25, 0.3) is 15.9 Å². The number of aromatic hydroxyl groups is 1. The average molecular weight is 395 g/mol. The Morgan fingerprint density at radius 1 is 1.23 bits per heavy atom. The molecular weight excluding hydrogens is 372 g/mol. The number of anilines is 1. The second-order valence-corrected chi connectivity index (χ2v) is 9.32. The van der Waals surface area contributed by atoms with Gasteiger partial charge >= 0.3 is 0 Å². The first-order chi connectivity index (χ1) is 12.5. The van der Waals surface area contributed by atoms with Crippen LogP contribution in [0.5, 0.6) is 5.75 Å². The van der Waals surface area contributed by atoms with Gasteiger partial charge in [0.1, 0.15) is 9.96 Å². The number of sulfonamides is 1. The monoisotopic (exact) mass is 394 g/mol. The van der Waals surface area contributed by atoms with Gasteiger partial charge in [-0.05, 0) is 35.9 Å². The Balaban J connectivity index is 1.60. The molecule has 6 nitrogen and oxygen atoms in total. The largest absolute Gasteiger partial charge is 0.507 e. The van der Waals surface area contributed by atoms with Crippen LogP contribution in [0.1, 0.15) is 42.5 Å². The van der Waals surface area contributed by atoms with E-state index in [-0.39, 0.29) is 27.1 Å². The average Bonchev–Trinajstić information content (AvgIpc) is 3.28. The van der Waals surface area contributed by atoms with E-state index in [2.05, 4.69) is 10.0 Å². The zero-order chi connectivity index (χ0) is 18.6. The van der Waals surface area contributed by atoms with E-state index in [1.807, 2.05) is 0 Å². The molecule has 0 bridgehead atoms. The molecule has 0 radical (unpaired) electrons. The number of carbonyl (C=O) groups is 1. The van der Waals surface area contributed by atoms with Crippen molar-refractivity contribution in [1.29, 1.82) is 0 Å². The van der Waals surface area contributed by atoms with Gasteiger partial charge in [-0.2, -0.15) is 0 Å². The molecule has 1 aliphatic carbocycles. The number of phenols is 1. The topological polar surface area (TPSA) is 95.5 Å².